The Bertz CT molecular complexity index is 789. The van der Waals surface area contributed by atoms with Gasteiger partial charge >= 0.3 is 0 Å². The number of halogens is 1. The molecule has 3 heterocycles. The largest absolute Gasteiger partial charge is 0.393 e. The zero-order chi connectivity index (χ0) is 16.1. The lowest BCUT2D eigenvalue weighted by Gasteiger charge is -2.25. The fourth-order valence-electron chi connectivity index (χ4n) is 2.49. The van der Waals surface area contributed by atoms with Crippen LogP contribution in [0, 0.1) is 0 Å². The summed E-state index contributed by atoms with van der Waals surface area (Å²) in [6.45, 7) is 2.79. The predicted molar refractivity (Wildman–Crippen MR) is 73.6 cm³/mol. The first kappa shape index (κ1) is 14.6. The highest BCUT2D eigenvalue weighted by molar-refractivity contribution is 5.70. The molecular weight excluding hydrogens is 297 g/mol. The lowest BCUT2D eigenvalue weighted by Crippen LogP contribution is -2.43. The smallest absolute Gasteiger partial charge is 0.280 e. The van der Waals surface area contributed by atoms with Crippen molar-refractivity contribution < 1.29 is 19.3 Å². The molecule has 0 radical (unpaired) electrons. The van der Waals surface area contributed by atoms with Crippen molar-refractivity contribution in [1.29, 1.82) is 0 Å². The fourth-order valence-corrected chi connectivity index (χ4v) is 2.49. The van der Waals surface area contributed by atoms with Crippen molar-refractivity contribution in [2.45, 2.75) is 24.1 Å². The topological polar surface area (TPSA) is 139 Å². The van der Waals surface area contributed by atoms with E-state index in [-0.39, 0.29) is 17.1 Å². The highest BCUT2D eigenvalue weighted by atomic mass is 19.1. The molecule has 0 aliphatic carbocycles. The van der Waals surface area contributed by atoms with E-state index in [0.717, 1.165) is 17.0 Å². The number of nitrogens with two attached hydrogens (primary N) is 1. The van der Waals surface area contributed by atoms with Crippen LogP contribution in [0.15, 0.2) is 23.8 Å². The molecule has 1 saturated heterocycles. The third-order valence-corrected chi connectivity index (χ3v) is 3.73. The molecule has 1 aliphatic rings. The second-order valence-electron chi connectivity index (χ2n) is 4.99. The van der Waals surface area contributed by atoms with Crippen LogP contribution in [0.4, 0.5) is 10.3 Å². The van der Waals surface area contributed by atoms with Crippen molar-refractivity contribution in [2.24, 2.45) is 0 Å². The maximum absolute atomic E-state index is 14.4. The summed E-state index contributed by atoms with van der Waals surface area (Å²) >= 11 is 0. The third-order valence-electron chi connectivity index (χ3n) is 3.73. The van der Waals surface area contributed by atoms with Gasteiger partial charge in [-0.3, -0.25) is 14.3 Å². The average molecular weight is 311 g/mol. The van der Waals surface area contributed by atoms with E-state index in [0.29, 0.717) is 0 Å². The van der Waals surface area contributed by atoms with Crippen molar-refractivity contribution in [1.82, 2.24) is 19.5 Å². The van der Waals surface area contributed by atoms with Crippen LogP contribution in [0.1, 0.15) is 6.23 Å². The molecule has 0 bridgehead atoms. The summed E-state index contributed by atoms with van der Waals surface area (Å²) in [7, 11) is 0. The summed E-state index contributed by atoms with van der Waals surface area (Å²) < 4.78 is 21.0. The second-order valence-corrected chi connectivity index (χ2v) is 4.99. The normalized spacial score (nSPS) is 31.7. The lowest BCUT2D eigenvalue weighted by molar-refractivity contribution is -0.0960. The van der Waals surface area contributed by atoms with E-state index in [2.05, 4.69) is 21.5 Å². The Hall–Kier alpha value is -2.30. The maximum Gasteiger partial charge on any atom is 0.280 e. The van der Waals surface area contributed by atoms with Crippen LogP contribution in [0.5, 0.6) is 0 Å². The molecule has 4 atom stereocenters. The number of nitrogens with zero attached hydrogens (tertiary/aromatic N) is 3. The van der Waals surface area contributed by atoms with E-state index in [1.807, 2.05) is 0 Å². The minimum Gasteiger partial charge on any atom is -0.393 e. The summed E-state index contributed by atoms with van der Waals surface area (Å²) in [6.07, 6.45) is -2.55. The van der Waals surface area contributed by atoms with E-state index < -0.39 is 36.3 Å². The van der Waals surface area contributed by atoms with Crippen molar-refractivity contribution in [3.8, 4) is 0 Å². The highest BCUT2D eigenvalue weighted by Crippen LogP contribution is 2.40. The summed E-state index contributed by atoms with van der Waals surface area (Å²) in [4.78, 5) is 21.7. The minimum atomic E-state index is -1.88. The molecule has 2 aromatic heterocycles. The highest BCUT2D eigenvalue weighted by Gasteiger charge is 2.54. The standard InChI is InChI=1S/C12H14FN5O4/c1-2-12(3-19)7(20)5(13)10(22-12)18-4-15-6-8(18)16-11(14)17-9(6)21/h2,4-5,7,10,19-20H,1,3H2,(H3,14,16,17,21)/t5-,7-,10+,12?/m0/s1. The first-order valence-electron chi connectivity index (χ1n) is 6.40. The molecule has 22 heavy (non-hydrogen) atoms. The third kappa shape index (κ3) is 1.85. The zero-order valence-electron chi connectivity index (χ0n) is 11.3. The number of aromatic amines is 1. The Labute approximate surface area is 122 Å². The Morgan fingerprint density at radius 2 is 2.41 bits per heavy atom. The van der Waals surface area contributed by atoms with E-state index >= 15 is 0 Å². The Balaban J connectivity index is 2.13. The number of hydrogen-bond acceptors (Lipinski definition) is 7. The predicted octanol–water partition coefficient (Wildman–Crippen LogP) is -1.15. The minimum absolute atomic E-state index is 0.0129. The van der Waals surface area contributed by atoms with Gasteiger partial charge in [-0.25, -0.2) is 9.37 Å². The van der Waals surface area contributed by atoms with Crippen LogP contribution in [0.3, 0.4) is 0 Å². The molecule has 1 aliphatic heterocycles. The first-order valence-corrected chi connectivity index (χ1v) is 6.40. The van der Waals surface area contributed by atoms with Gasteiger partial charge in [0.25, 0.3) is 5.56 Å². The Morgan fingerprint density at radius 3 is 3.00 bits per heavy atom. The SMILES string of the molecule is C=CC1(CO)O[C@@H](n2cnc3c(=O)[nH]c(N)nc32)[C@@H](F)[C@@H]1O. The van der Waals surface area contributed by atoms with E-state index in [1.165, 1.54) is 0 Å². The molecule has 0 spiro atoms. The monoisotopic (exact) mass is 311 g/mol. The van der Waals surface area contributed by atoms with E-state index in [1.54, 1.807) is 0 Å². The van der Waals surface area contributed by atoms with Gasteiger partial charge in [0.15, 0.2) is 23.6 Å². The van der Waals surface area contributed by atoms with Crippen LogP contribution >= 0.6 is 0 Å². The molecule has 0 saturated carbocycles. The molecule has 10 heteroatoms. The average Bonchev–Trinajstić information content (AvgIpc) is 3.01. The van der Waals surface area contributed by atoms with Gasteiger partial charge in [-0.15, -0.1) is 6.58 Å². The van der Waals surface area contributed by atoms with Gasteiger partial charge in [0.2, 0.25) is 5.95 Å². The molecule has 5 N–H and O–H groups in total. The van der Waals surface area contributed by atoms with Crippen molar-refractivity contribution in [3.05, 3.63) is 29.3 Å². The molecule has 0 aromatic carbocycles. The van der Waals surface area contributed by atoms with Crippen LogP contribution in [-0.2, 0) is 4.74 Å². The van der Waals surface area contributed by atoms with Crippen molar-refractivity contribution >= 4 is 17.1 Å². The molecular formula is C12H14FN5O4. The number of fused-ring (bicyclic) bond motifs is 1. The van der Waals surface area contributed by atoms with Gasteiger partial charge < -0.3 is 20.7 Å². The number of hydrogen-bond donors (Lipinski definition) is 4. The summed E-state index contributed by atoms with van der Waals surface area (Å²) in [6, 6.07) is 0. The fraction of sp³-hybridized carbons (Fsp3) is 0.417. The molecule has 2 aromatic rings. The molecule has 1 fully saturated rings. The van der Waals surface area contributed by atoms with Gasteiger partial charge in [0, 0.05) is 0 Å². The van der Waals surface area contributed by atoms with Gasteiger partial charge in [-0.05, 0) is 0 Å². The Morgan fingerprint density at radius 1 is 1.68 bits per heavy atom. The maximum atomic E-state index is 14.4. The van der Waals surface area contributed by atoms with Gasteiger partial charge in [-0.2, -0.15) is 4.98 Å². The van der Waals surface area contributed by atoms with Gasteiger partial charge in [-0.1, -0.05) is 6.08 Å². The molecule has 3 rings (SSSR count). The zero-order valence-corrected chi connectivity index (χ0v) is 11.3. The van der Waals surface area contributed by atoms with E-state index in [4.69, 9.17) is 10.5 Å². The van der Waals surface area contributed by atoms with Crippen LogP contribution < -0.4 is 11.3 Å². The van der Waals surface area contributed by atoms with Crippen molar-refractivity contribution in [3.63, 3.8) is 0 Å². The summed E-state index contributed by atoms with van der Waals surface area (Å²) in [5.41, 5.74) is 3.22. The number of nitrogens with one attached hydrogen (secondary N) is 1. The first-order chi connectivity index (χ1) is 10.4. The molecule has 9 nitrogen and oxygen atoms in total. The quantitative estimate of drug-likeness (QED) is 0.525. The molecule has 118 valence electrons. The number of ether oxygens (including phenoxy) is 1. The number of aromatic nitrogens is 4. The number of rotatable bonds is 3. The van der Waals surface area contributed by atoms with Crippen molar-refractivity contribution in [2.75, 3.05) is 12.3 Å². The molecule has 1 unspecified atom stereocenters. The number of H-pyrrole nitrogens is 1. The number of aliphatic hydroxyl groups is 2. The number of alkyl halides is 1. The van der Waals surface area contributed by atoms with Crippen LogP contribution in [0.2, 0.25) is 0 Å². The molecule has 0 amide bonds. The Kier molecular flexibility index (Phi) is 3.24. The van der Waals surface area contributed by atoms with Gasteiger partial charge in [0.05, 0.1) is 12.9 Å². The number of nitrogen functional groups attached to an aromatic ring is 1. The van der Waals surface area contributed by atoms with E-state index in [9.17, 15) is 19.4 Å². The van der Waals surface area contributed by atoms with Crippen LogP contribution in [0.25, 0.3) is 11.2 Å². The summed E-state index contributed by atoms with van der Waals surface area (Å²) in [5, 5.41) is 19.4. The van der Waals surface area contributed by atoms with Gasteiger partial charge in [0.1, 0.15) is 11.7 Å². The lowest BCUT2D eigenvalue weighted by atomic mass is 9.97. The summed E-state index contributed by atoms with van der Waals surface area (Å²) in [5.74, 6) is -0.162. The number of imidazole rings is 1. The van der Waals surface area contributed by atoms with Crippen LogP contribution in [-0.4, -0.2) is 54.2 Å². The second kappa shape index (κ2) is 4.87. The number of aliphatic hydroxyl groups excluding tert-OH is 2. The number of anilines is 1.